The van der Waals surface area contributed by atoms with Gasteiger partial charge in [-0.3, -0.25) is 14.6 Å². The summed E-state index contributed by atoms with van der Waals surface area (Å²) in [5, 5.41) is 3.53. The fourth-order valence-electron chi connectivity index (χ4n) is 3.02. The normalized spacial score (nSPS) is 14.8. The van der Waals surface area contributed by atoms with Crippen molar-refractivity contribution >= 4 is 23.4 Å². The molecule has 7 heteroatoms. The predicted octanol–water partition coefficient (Wildman–Crippen LogP) is 2.78. The number of likely N-dealkylation sites (tertiary alicyclic amines) is 1. The summed E-state index contributed by atoms with van der Waals surface area (Å²) < 4.78 is 5.23. The number of carbonyl (C=O) groups excluding carboxylic acids is 2. The fourth-order valence-corrected chi connectivity index (χ4v) is 3.18. The van der Waals surface area contributed by atoms with Crippen LogP contribution in [0.1, 0.15) is 33.6 Å². The van der Waals surface area contributed by atoms with E-state index in [1.165, 1.54) is 7.11 Å². The number of pyridine rings is 1. The maximum atomic E-state index is 12.5. The molecule has 1 aliphatic heterocycles. The van der Waals surface area contributed by atoms with Crippen molar-refractivity contribution in [3.63, 3.8) is 0 Å². The number of ether oxygens (including phenoxy) is 1. The first-order valence-corrected chi connectivity index (χ1v) is 8.80. The predicted molar refractivity (Wildman–Crippen MR) is 98.6 cm³/mol. The molecule has 2 amide bonds. The Morgan fingerprint density at radius 3 is 2.54 bits per heavy atom. The van der Waals surface area contributed by atoms with Crippen molar-refractivity contribution in [2.24, 2.45) is 0 Å². The highest BCUT2D eigenvalue weighted by molar-refractivity contribution is 6.30. The van der Waals surface area contributed by atoms with Gasteiger partial charge in [-0.1, -0.05) is 11.6 Å². The number of halogens is 1. The third-order valence-corrected chi connectivity index (χ3v) is 4.69. The van der Waals surface area contributed by atoms with Gasteiger partial charge in [-0.15, -0.1) is 0 Å². The van der Waals surface area contributed by atoms with E-state index in [1.54, 1.807) is 47.6 Å². The molecule has 136 valence electrons. The Labute approximate surface area is 157 Å². The Morgan fingerprint density at radius 2 is 1.88 bits per heavy atom. The van der Waals surface area contributed by atoms with Crippen LogP contribution in [-0.4, -0.2) is 47.9 Å². The summed E-state index contributed by atoms with van der Waals surface area (Å²) in [6.07, 6.45) is 4.64. The second-order valence-electron chi connectivity index (χ2n) is 6.12. The number of benzene rings is 1. The lowest BCUT2D eigenvalue weighted by molar-refractivity contribution is 0.0698. The Kier molecular flexibility index (Phi) is 5.73. The molecule has 1 fully saturated rings. The van der Waals surface area contributed by atoms with E-state index in [0.29, 0.717) is 47.8 Å². The summed E-state index contributed by atoms with van der Waals surface area (Å²) in [6.45, 7) is 1.20. The Hall–Kier alpha value is -2.60. The largest absolute Gasteiger partial charge is 0.496 e. The highest BCUT2D eigenvalue weighted by atomic mass is 35.5. The minimum absolute atomic E-state index is 0.00320. The smallest absolute Gasteiger partial charge is 0.255 e. The zero-order valence-corrected chi connectivity index (χ0v) is 15.2. The molecule has 1 aliphatic rings. The Balaban J connectivity index is 1.57. The lowest BCUT2D eigenvalue weighted by Crippen LogP contribution is -2.46. The van der Waals surface area contributed by atoms with Gasteiger partial charge in [0.05, 0.1) is 12.7 Å². The molecular formula is C19H20ClN3O3. The van der Waals surface area contributed by atoms with Crippen LogP contribution in [0.25, 0.3) is 0 Å². The van der Waals surface area contributed by atoms with E-state index in [9.17, 15) is 9.59 Å². The minimum Gasteiger partial charge on any atom is -0.496 e. The number of nitrogens with zero attached hydrogens (tertiary/aromatic N) is 2. The molecule has 6 nitrogen and oxygen atoms in total. The zero-order valence-electron chi connectivity index (χ0n) is 14.4. The number of hydrogen-bond donors (Lipinski definition) is 1. The van der Waals surface area contributed by atoms with E-state index in [2.05, 4.69) is 10.3 Å². The van der Waals surface area contributed by atoms with Crippen LogP contribution in [0.4, 0.5) is 0 Å². The number of aromatic nitrogens is 1. The number of methoxy groups -OCH3 is 1. The van der Waals surface area contributed by atoms with Gasteiger partial charge in [-0.05, 0) is 43.2 Å². The molecule has 1 N–H and O–H groups in total. The molecular weight excluding hydrogens is 354 g/mol. The van der Waals surface area contributed by atoms with E-state index in [0.717, 1.165) is 0 Å². The quantitative estimate of drug-likeness (QED) is 0.894. The van der Waals surface area contributed by atoms with E-state index in [4.69, 9.17) is 16.3 Å². The summed E-state index contributed by atoms with van der Waals surface area (Å²) >= 11 is 5.94. The van der Waals surface area contributed by atoms with Gasteiger partial charge in [0.1, 0.15) is 5.75 Å². The number of nitrogens with one attached hydrogen (secondary N) is 1. The van der Waals surface area contributed by atoms with Crippen molar-refractivity contribution in [1.29, 1.82) is 0 Å². The van der Waals surface area contributed by atoms with Crippen molar-refractivity contribution in [2.45, 2.75) is 18.9 Å². The van der Waals surface area contributed by atoms with E-state index in [-0.39, 0.29) is 17.9 Å². The molecule has 0 bridgehead atoms. The lowest BCUT2D eigenvalue weighted by Gasteiger charge is -2.32. The Morgan fingerprint density at radius 1 is 1.19 bits per heavy atom. The Bertz CT molecular complexity index is 790. The summed E-state index contributed by atoms with van der Waals surface area (Å²) in [6, 6.07) is 8.37. The van der Waals surface area contributed by atoms with E-state index in [1.807, 2.05) is 0 Å². The first-order valence-electron chi connectivity index (χ1n) is 8.42. The second kappa shape index (κ2) is 8.19. The average Bonchev–Trinajstić information content (AvgIpc) is 2.68. The molecule has 1 saturated heterocycles. The third-order valence-electron chi connectivity index (χ3n) is 4.45. The number of piperidine rings is 1. The zero-order chi connectivity index (χ0) is 18.5. The lowest BCUT2D eigenvalue weighted by atomic mass is 10.0. The third kappa shape index (κ3) is 4.14. The first-order chi connectivity index (χ1) is 12.6. The van der Waals surface area contributed by atoms with Crippen molar-refractivity contribution in [3.8, 4) is 5.75 Å². The summed E-state index contributed by atoms with van der Waals surface area (Å²) in [7, 11) is 1.51. The van der Waals surface area contributed by atoms with Crippen LogP contribution in [0.2, 0.25) is 5.02 Å². The molecule has 0 unspecified atom stereocenters. The summed E-state index contributed by atoms with van der Waals surface area (Å²) in [5.74, 6) is 0.245. The molecule has 3 rings (SSSR count). The van der Waals surface area contributed by atoms with Crippen LogP contribution in [0.15, 0.2) is 42.7 Å². The average molecular weight is 374 g/mol. The highest BCUT2D eigenvalue weighted by Crippen LogP contribution is 2.23. The van der Waals surface area contributed by atoms with Gasteiger partial charge in [0.2, 0.25) is 0 Å². The SMILES string of the molecule is COc1cc(Cl)ccc1C(=O)NC1CCN(C(=O)c2ccncc2)CC1. The number of amides is 2. The van der Waals surface area contributed by atoms with Gasteiger partial charge in [0.25, 0.3) is 11.8 Å². The van der Waals surface area contributed by atoms with Crippen LogP contribution in [-0.2, 0) is 0 Å². The number of rotatable bonds is 4. The van der Waals surface area contributed by atoms with Gasteiger partial charge in [-0.25, -0.2) is 0 Å². The molecule has 0 radical (unpaired) electrons. The van der Waals surface area contributed by atoms with Crippen molar-refractivity contribution in [3.05, 3.63) is 58.9 Å². The topological polar surface area (TPSA) is 71.5 Å². The molecule has 1 aromatic carbocycles. The van der Waals surface area contributed by atoms with Gasteiger partial charge < -0.3 is 15.0 Å². The van der Waals surface area contributed by atoms with Crippen molar-refractivity contribution in [2.75, 3.05) is 20.2 Å². The summed E-state index contributed by atoms with van der Waals surface area (Å²) in [5.41, 5.74) is 1.08. The molecule has 0 atom stereocenters. The van der Waals surface area contributed by atoms with Crippen LogP contribution >= 0.6 is 11.6 Å². The van der Waals surface area contributed by atoms with Crippen LogP contribution in [0.3, 0.4) is 0 Å². The van der Waals surface area contributed by atoms with Gasteiger partial charge in [0.15, 0.2) is 0 Å². The molecule has 0 aliphatic carbocycles. The standard InChI is InChI=1S/C19H20ClN3O3/c1-26-17-12-14(20)2-3-16(17)18(24)22-15-6-10-23(11-7-15)19(25)13-4-8-21-9-5-13/h2-5,8-9,12,15H,6-7,10-11H2,1H3,(H,22,24). The van der Waals surface area contributed by atoms with E-state index < -0.39 is 0 Å². The number of hydrogen-bond acceptors (Lipinski definition) is 4. The van der Waals surface area contributed by atoms with Crippen molar-refractivity contribution in [1.82, 2.24) is 15.2 Å². The van der Waals surface area contributed by atoms with Crippen LogP contribution in [0, 0.1) is 0 Å². The number of carbonyl (C=O) groups is 2. The molecule has 2 aromatic rings. The van der Waals surface area contributed by atoms with E-state index >= 15 is 0 Å². The minimum atomic E-state index is -0.197. The van der Waals surface area contributed by atoms with Crippen LogP contribution < -0.4 is 10.1 Å². The molecule has 0 spiro atoms. The molecule has 26 heavy (non-hydrogen) atoms. The first kappa shape index (κ1) is 18.2. The maximum absolute atomic E-state index is 12.5. The fraction of sp³-hybridized carbons (Fsp3) is 0.316. The molecule has 2 heterocycles. The van der Waals surface area contributed by atoms with Gasteiger partial charge >= 0.3 is 0 Å². The monoisotopic (exact) mass is 373 g/mol. The second-order valence-corrected chi connectivity index (χ2v) is 6.56. The summed E-state index contributed by atoms with van der Waals surface area (Å²) in [4.78, 5) is 30.7. The van der Waals surface area contributed by atoms with Crippen molar-refractivity contribution < 1.29 is 14.3 Å². The highest BCUT2D eigenvalue weighted by Gasteiger charge is 2.25. The molecule has 1 aromatic heterocycles. The molecule has 0 saturated carbocycles. The van der Waals surface area contributed by atoms with Gasteiger partial charge in [-0.2, -0.15) is 0 Å². The van der Waals surface area contributed by atoms with Crippen LogP contribution in [0.5, 0.6) is 5.75 Å². The maximum Gasteiger partial charge on any atom is 0.255 e. The van der Waals surface area contributed by atoms with Gasteiger partial charge in [0, 0.05) is 42.1 Å².